The van der Waals surface area contributed by atoms with E-state index < -0.39 is 0 Å². The normalized spacial score (nSPS) is 14.2. The van der Waals surface area contributed by atoms with Gasteiger partial charge in [0.15, 0.2) is 0 Å². The number of benzene rings is 1. The number of hydrogen-bond acceptors (Lipinski definition) is 5. The smallest absolute Gasteiger partial charge is 0.321 e. The largest absolute Gasteiger partial charge is 0.338 e. The van der Waals surface area contributed by atoms with Crippen molar-refractivity contribution in [2.45, 2.75) is 5.92 Å². The molecule has 1 N–H and O–H groups in total. The Hall–Kier alpha value is -2.93. The summed E-state index contributed by atoms with van der Waals surface area (Å²) < 4.78 is 5.31. The third kappa shape index (κ3) is 3.18. The van der Waals surface area contributed by atoms with Gasteiger partial charge in [0.2, 0.25) is 11.7 Å². The molecule has 0 atom stereocenters. The molecule has 3 aromatic rings. The van der Waals surface area contributed by atoms with E-state index in [1.807, 2.05) is 30.3 Å². The zero-order chi connectivity index (χ0) is 17.2. The van der Waals surface area contributed by atoms with Gasteiger partial charge in [-0.3, -0.25) is 4.98 Å². The van der Waals surface area contributed by atoms with E-state index in [1.54, 1.807) is 23.2 Å². The molecule has 1 saturated heterocycles. The van der Waals surface area contributed by atoms with Gasteiger partial charge in [-0.25, -0.2) is 4.79 Å². The monoisotopic (exact) mass is 355 g/mol. The van der Waals surface area contributed by atoms with E-state index >= 15 is 0 Å². The molecule has 7 nitrogen and oxygen atoms in total. The number of pyridine rings is 1. The van der Waals surface area contributed by atoms with Crippen LogP contribution in [0.15, 0.2) is 53.2 Å². The van der Waals surface area contributed by atoms with E-state index in [0.29, 0.717) is 41.2 Å². The second-order valence-corrected chi connectivity index (χ2v) is 6.09. The van der Waals surface area contributed by atoms with E-state index in [9.17, 15) is 4.79 Å². The van der Waals surface area contributed by atoms with Crippen molar-refractivity contribution in [1.82, 2.24) is 20.0 Å². The first-order valence-electron chi connectivity index (χ1n) is 7.76. The average Bonchev–Trinajstić information content (AvgIpc) is 3.06. The quantitative estimate of drug-likeness (QED) is 0.778. The van der Waals surface area contributed by atoms with Crippen LogP contribution in [0.2, 0.25) is 5.02 Å². The highest BCUT2D eigenvalue weighted by Gasteiger charge is 2.36. The van der Waals surface area contributed by atoms with E-state index in [2.05, 4.69) is 20.4 Å². The van der Waals surface area contributed by atoms with Gasteiger partial charge in [-0.1, -0.05) is 35.0 Å². The number of hydrogen-bond donors (Lipinski definition) is 1. The Morgan fingerprint density at radius 1 is 1.20 bits per heavy atom. The minimum Gasteiger partial charge on any atom is -0.338 e. The Morgan fingerprint density at radius 3 is 2.76 bits per heavy atom. The number of urea groups is 1. The molecule has 25 heavy (non-hydrogen) atoms. The lowest BCUT2D eigenvalue weighted by atomic mass is 10.0. The van der Waals surface area contributed by atoms with Gasteiger partial charge in [-0.2, -0.15) is 4.98 Å². The van der Waals surface area contributed by atoms with Crippen LogP contribution in [0.3, 0.4) is 0 Å². The third-order valence-electron chi connectivity index (χ3n) is 3.97. The Morgan fingerprint density at radius 2 is 2.00 bits per heavy atom. The van der Waals surface area contributed by atoms with Crippen molar-refractivity contribution in [3.63, 3.8) is 0 Å². The first-order chi connectivity index (χ1) is 12.2. The van der Waals surface area contributed by atoms with Gasteiger partial charge in [-0.05, 0) is 24.3 Å². The van der Waals surface area contributed by atoms with Crippen LogP contribution in [0, 0.1) is 0 Å². The first kappa shape index (κ1) is 15.6. The summed E-state index contributed by atoms with van der Waals surface area (Å²) in [5.74, 6) is 0.999. The molecule has 1 aliphatic rings. The Labute approximate surface area is 148 Å². The van der Waals surface area contributed by atoms with Crippen molar-refractivity contribution < 1.29 is 9.32 Å². The van der Waals surface area contributed by atoms with E-state index in [-0.39, 0.29) is 11.9 Å². The number of carbonyl (C=O) groups excluding carboxylic acids is 1. The fourth-order valence-electron chi connectivity index (χ4n) is 2.56. The number of para-hydroxylation sites is 1. The SMILES string of the molecule is O=C(Nc1ccccc1Cl)N1CC(c2nc(-c3ccccn3)no2)C1. The maximum absolute atomic E-state index is 12.2. The van der Waals surface area contributed by atoms with Crippen molar-refractivity contribution in [3.8, 4) is 11.5 Å². The summed E-state index contributed by atoms with van der Waals surface area (Å²) in [6.07, 6.45) is 1.68. The molecule has 0 aliphatic carbocycles. The molecule has 2 amide bonds. The zero-order valence-electron chi connectivity index (χ0n) is 13.1. The Bertz CT molecular complexity index is 893. The molecule has 3 heterocycles. The number of carbonyl (C=O) groups is 1. The molecule has 126 valence electrons. The number of likely N-dealkylation sites (tertiary alicyclic amines) is 1. The van der Waals surface area contributed by atoms with Crippen LogP contribution in [-0.2, 0) is 0 Å². The maximum Gasteiger partial charge on any atom is 0.321 e. The summed E-state index contributed by atoms with van der Waals surface area (Å²) in [6.45, 7) is 1.03. The summed E-state index contributed by atoms with van der Waals surface area (Å²) in [5, 5.41) is 7.25. The van der Waals surface area contributed by atoms with Gasteiger partial charge in [0, 0.05) is 19.3 Å². The molecular weight excluding hydrogens is 342 g/mol. The second kappa shape index (κ2) is 6.52. The van der Waals surface area contributed by atoms with Gasteiger partial charge >= 0.3 is 6.03 Å². The van der Waals surface area contributed by atoms with Crippen LogP contribution in [0.25, 0.3) is 11.5 Å². The molecule has 1 aromatic carbocycles. The summed E-state index contributed by atoms with van der Waals surface area (Å²) in [6, 6.07) is 12.4. The molecule has 8 heteroatoms. The number of halogens is 1. The predicted molar refractivity (Wildman–Crippen MR) is 92.3 cm³/mol. The topological polar surface area (TPSA) is 84.2 Å². The first-order valence-corrected chi connectivity index (χ1v) is 8.14. The molecule has 0 spiro atoms. The Kier molecular flexibility index (Phi) is 4.07. The molecule has 0 bridgehead atoms. The number of amides is 2. The average molecular weight is 356 g/mol. The number of anilines is 1. The molecule has 1 aliphatic heterocycles. The lowest BCUT2D eigenvalue weighted by Crippen LogP contribution is -2.50. The number of rotatable bonds is 3. The van der Waals surface area contributed by atoms with Gasteiger partial charge in [-0.15, -0.1) is 0 Å². The van der Waals surface area contributed by atoms with Gasteiger partial charge in [0.25, 0.3) is 0 Å². The summed E-state index contributed by atoms with van der Waals surface area (Å²) in [5.41, 5.74) is 1.25. The van der Waals surface area contributed by atoms with Crippen molar-refractivity contribution >= 4 is 23.3 Å². The van der Waals surface area contributed by atoms with Crippen LogP contribution in [0.4, 0.5) is 10.5 Å². The van der Waals surface area contributed by atoms with E-state index in [1.165, 1.54) is 0 Å². The third-order valence-corrected chi connectivity index (χ3v) is 4.30. The highest BCUT2D eigenvalue weighted by Crippen LogP contribution is 2.28. The molecule has 0 unspecified atom stereocenters. The standard InChI is InChI=1S/C17H14ClN5O2/c18-12-5-1-2-6-13(12)20-17(24)23-9-11(10-23)16-21-15(22-25-16)14-7-3-4-8-19-14/h1-8,11H,9-10H2,(H,20,24). The highest BCUT2D eigenvalue weighted by molar-refractivity contribution is 6.33. The van der Waals surface area contributed by atoms with Gasteiger partial charge < -0.3 is 14.7 Å². The van der Waals surface area contributed by atoms with Crippen molar-refractivity contribution in [3.05, 3.63) is 59.6 Å². The second-order valence-electron chi connectivity index (χ2n) is 5.68. The maximum atomic E-state index is 12.2. The zero-order valence-corrected chi connectivity index (χ0v) is 13.8. The minimum atomic E-state index is -0.200. The molecule has 2 aromatic heterocycles. The highest BCUT2D eigenvalue weighted by atomic mass is 35.5. The van der Waals surface area contributed by atoms with Crippen LogP contribution >= 0.6 is 11.6 Å². The number of nitrogens with one attached hydrogen (secondary N) is 1. The molecule has 0 radical (unpaired) electrons. The minimum absolute atomic E-state index is 0.0296. The predicted octanol–water partition coefficient (Wildman–Crippen LogP) is 3.42. The summed E-state index contributed by atoms with van der Waals surface area (Å²) in [7, 11) is 0. The van der Waals surface area contributed by atoms with Gasteiger partial charge in [0.1, 0.15) is 5.69 Å². The lowest BCUT2D eigenvalue weighted by Gasteiger charge is -2.36. The number of nitrogens with zero attached hydrogens (tertiary/aromatic N) is 4. The molecular formula is C17H14ClN5O2. The molecule has 1 fully saturated rings. The summed E-state index contributed by atoms with van der Waals surface area (Å²) in [4.78, 5) is 22.5. The van der Waals surface area contributed by atoms with Crippen LogP contribution in [-0.4, -0.2) is 39.1 Å². The van der Waals surface area contributed by atoms with Crippen LogP contribution < -0.4 is 5.32 Å². The Balaban J connectivity index is 1.37. The fraction of sp³-hybridized carbons (Fsp3) is 0.176. The van der Waals surface area contributed by atoms with E-state index in [4.69, 9.17) is 16.1 Å². The van der Waals surface area contributed by atoms with Crippen molar-refractivity contribution in [2.24, 2.45) is 0 Å². The lowest BCUT2D eigenvalue weighted by molar-refractivity contribution is 0.147. The molecule has 4 rings (SSSR count). The van der Waals surface area contributed by atoms with E-state index in [0.717, 1.165) is 0 Å². The van der Waals surface area contributed by atoms with Crippen molar-refractivity contribution in [1.29, 1.82) is 0 Å². The van der Waals surface area contributed by atoms with Crippen LogP contribution in [0.1, 0.15) is 11.8 Å². The van der Waals surface area contributed by atoms with Crippen LogP contribution in [0.5, 0.6) is 0 Å². The van der Waals surface area contributed by atoms with Crippen molar-refractivity contribution in [2.75, 3.05) is 18.4 Å². The number of aromatic nitrogens is 3. The fourth-order valence-corrected chi connectivity index (χ4v) is 2.74. The van der Waals surface area contributed by atoms with Gasteiger partial charge in [0.05, 0.1) is 16.6 Å². The summed E-state index contributed by atoms with van der Waals surface area (Å²) >= 11 is 6.05. The molecule has 0 saturated carbocycles.